The first-order valence-corrected chi connectivity index (χ1v) is 17.8. The van der Waals surface area contributed by atoms with Gasteiger partial charge in [-0.1, -0.05) is 127 Å². The van der Waals surface area contributed by atoms with Crippen molar-refractivity contribution in [2.45, 2.75) is 127 Å². The molecule has 0 amide bonds. The van der Waals surface area contributed by atoms with Crippen LogP contribution in [0.2, 0.25) is 0 Å². The highest BCUT2D eigenvalue weighted by Gasteiger charge is 2.55. The van der Waals surface area contributed by atoms with Crippen LogP contribution in [0.5, 0.6) is 0 Å². The molecule has 0 aliphatic rings. The summed E-state index contributed by atoms with van der Waals surface area (Å²) in [6, 6.07) is 10.5. The highest BCUT2D eigenvalue weighted by Crippen LogP contribution is 2.50. The Morgan fingerprint density at radius 3 is 2.05 bits per heavy atom. The minimum Gasteiger partial charge on any atom is -0.477 e. The first-order chi connectivity index (χ1) is 17.9. The predicted octanol–water partition coefficient (Wildman–Crippen LogP) is 10.3. The Labute approximate surface area is 236 Å². The fraction of sp³-hybridized carbons (Fsp3) is 0.767. The number of aliphatic carboxylic acids is 1. The van der Waals surface area contributed by atoms with Crippen LogP contribution < -0.4 is 0 Å². The van der Waals surface area contributed by atoms with Crippen molar-refractivity contribution < 1.29 is 19.0 Å². The van der Waals surface area contributed by atoms with Crippen molar-refractivity contribution in [3.8, 4) is 0 Å². The smallest absolute Gasteiger partial charge is 0.477 e. The molecule has 0 saturated heterocycles. The molecule has 0 radical (unpaired) electrons. The molecule has 0 fully saturated rings. The molecule has 4 unspecified atom stereocenters. The topological polar surface area (TPSA) is 63.6 Å². The average molecular weight is 572 g/mol. The maximum absolute atomic E-state index is 12.8. The van der Waals surface area contributed by atoms with Gasteiger partial charge in [0.2, 0.25) is 0 Å². The van der Waals surface area contributed by atoms with Crippen molar-refractivity contribution in [2.75, 3.05) is 18.1 Å². The number of carbonyl (C=O) groups is 1. The molecule has 0 heterocycles. The predicted molar refractivity (Wildman–Crippen MR) is 165 cm³/mol. The van der Waals surface area contributed by atoms with E-state index in [1.165, 1.54) is 81.5 Å². The van der Waals surface area contributed by atoms with Gasteiger partial charge in [0.25, 0.3) is 0 Å². The van der Waals surface area contributed by atoms with E-state index in [2.05, 4.69) is 38.1 Å². The van der Waals surface area contributed by atoms with Gasteiger partial charge in [0, 0.05) is 23.8 Å². The monoisotopic (exact) mass is 571 g/mol. The van der Waals surface area contributed by atoms with Crippen molar-refractivity contribution in [3.05, 3.63) is 35.9 Å². The number of carboxylic acid groups (broad SMARTS) is 1. The Morgan fingerprint density at radius 1 is 0.919 bits per heavy atom. The number of carboxylic acids is 1. The maximum atomic E-state index is 12.8. The minimum atomic E-state index is -2.32. The summed E-state index contributed by atoms with van der Waals surface area (Å²) in [5.41, 5.74) is 1.24. The average Bonchev–Trinajstić information content (AvgIpc) is 2.90. The highest BCUT2D eigenvalue weighted by atomic mass is 32.2. The zero-order chi connectivity index (χ0) is 27.4. The lowest BCUT2D eigenvalue weighted by Crippen LogP contribution is -2.30. The van der Waals surface area contributed by atoms with Gasteiger partial charge in [-0.15, -0.1) is 4.52 Å². The van der Waals surface area contributed by atoms with E-state index in [4.69, 9.17) is 4.52 Å². The van der Waals surface area contributed by atoms with Gasteiger partial charge in [-0.3, -0.25) is 0 Å². The van der Waals surface area contributed by atoms with Crippen LogP contribution in [0, 0.1) is 0 Å². The van der Waals surface area contributed by atoms with Crippen LogP contribution >= 0.6 is 31.6 Å². The summed E-state index contributed by atoms with van der Waals surface area (Å²) in [6.07, 6.45) is 16.3. The van der Waals surface area contributed by atoms with Crippen LogP contribution in [-0.4, -0.2) is 38.9 Å². The summed E-state index contributed by atoms with van der Waals surface area (Å²) < 4.78 is 16.8. The Balaban J connectivity index is 2.71. The van der Waals surface area contributed by atoms with E-state index in [1.54, 1.807) is 6.92 Å². The van der Waals surface area contributed by atoms with Gasteiger partial charge in [0.1, 0.15) is 6.61 Å². The summed E-state index contributed by atoms with van der Waals surface area (Å²) >= 11 is 3.33. The largest absolute Gasteiger partial charge is 0.537 e. The molecular formula is C30H52O4PS2+. The Morgan fingerprint density at radius 2 is 1.51 bits per heavy atom. The molecule has 0 bridgehead atoms. The number of unbranched alkanes of at least 4 members (excludes halogenated alkanes) is 9. The van der Waals surface area contributed by atoms with Gasteiger partial charge in [-0.25, -0.2) is 4.79 Å². The third-order valence-corrected chi connectivity index (χ3v) is 11.7. The van der Waals surface area contributed by atoms with Crippen molar-refractivity contribution in [2.24, 2.45) is 0 Å². The van der Waals surface area contributed by atoms with Crippen LogP contribution in [0.4, 0.5) is 0 Å². The maximum Gasteiger partial charge on any atom is 0.537 e. The molecule has 0 spiro atoms. The second kappa shape index (κ2) is 21.3. The zero-order valence-electron chi connectivity index (χ0n) is 23.8. The third kappa shape index (κ3) is 13.9. The Hall–Kier alpha value is -0.550. The number of hydrogen-bond acceptors (Lipinski definition) is 5. The number of hydrogen-bond donors (Lipinski definition) is 1. The van der Waals surface area contributed by atoms with Gasteiger partial charge in [-0.2, -0.15) is 11.8 Å². The summed E-state index contributed by atoms with van der Waals surface area (Å²) in [6.45, 7) is 8.29. The molecule has 1 aromatic carbocycles. The molecule has 1 rings (SSSR count). The number of thioether (sulfide) groups is 2. The van der Waals surface area contributed by atoms with Crippen molar-refractivity contribution in [3.63, 3.8) is 0 Å². The van der Waals surface area contributed by atoms with Crippen LogP contribution in [0.3, 0.4) is 0 Å². The third-order valence-electron chi connectivity index (χ3n) is 6.78. The lowest BCUT2D eigenvalue weighted by molar-refractivity contribution is -0.137. The second-order valence-electron chi connectivity index (χ2n) is 10.1. The highest BCUT2D eigenvalue weighted by molar-refractivity contribution is 8.06. The van der Waals surface area contributed by atoms with Crippen LogP contribution in [-0.2, 0) is 13.9 Å². The Kier molecular flexibility index (Phi) is 19.8. The molecule has 4 atom stereocenters. The SMILES string of the molecule is CCCCCCCCCCCCSC(CCC)C(CSC(C)(C(=O)O)[P+](=O)OCCC)c1ccccc1. The van der Waals surface area contributed by atoms with Crippen molar-refractivity contribution >= 4 is 37.5 Å². The fourth-order valence-corrected chi connectivity index (χ4v) is 8.66. The van der Waals surface area contributed by atoms with E-state index < -0.39 is 18.5 Å². The van der Waals surface area contributed by atoms with Crippen molar-refractivity contribution in [1.82, 2.24) is 0 Å². The van der Waals surface area contributed by atoms with E-state index in [1.807, 2.05) is 24.8 Å². The summed E-state index contributed by atoms with van der Waals surface area (Å²) in [5.74, 6) is 0.886. The first-order valence-electron chi connectivity index (χ1n) is 14.5. The number of rotatable bonds is 24. The first kappa shape index (κ1) is 34.5. The van der Waals surface area contributed by atoms with Crippen molar-refractivity contribution in [1.29, 1.82) is 0 Å². The number of benzene rings is 1. The molecule has 4 nitrogen and oxygen atoms in total. The fourth-order valence-electron chi connectivity index (χ4n) is 4.37. The molecule has 0 saturated carbocycles. The van der Waals surface area contributed by atoms with Crippen LogP contribution in [0.1, 0.15) is 123 Å². The van der Waals surface area contributed by atoms with E-state index in [0.717, 1.165) is 18.6 Å². The Bertz CT molecular complexity index is 734. The van der Waals surface area contributed by atoms with E-state index in [-0.39, 0.29) is 5.92 Å². The lowest BCUT2D eigenvalue weighted by atomic mass is 9.95. The molecule has 1 aromatic rings. The normalized spacial score (nSPS) is 15.2. The van der Waals surface area contributed by atoms with Gasteiger partial charge >= 0.3 is 18.5 Å². The molecule has 1 N–H and O–H groups in total. The molecule has 0 aliphatic heterocycles. The van der Waals surface area contributed by atoms with E-state index in [9.17, 15) is 14.5 Å². The molecule has 0 aromatic heterocycles. The molecule has 0 aliphatic carbocycles. The zero-order valence-corrected chi connectivity index (χ0v) is 26.3. The van der Waals surface area contributed by atoms with Gasteiger partial charge in [-0.05, 0) is 35.1 Å². The molecular weight excluding hydrogens is 519 g/mol. The van der Waals surface area contributed by atoms with Gasteiger partial charge in [0.05, 0.1) is 0 Å². The van der Waals surface area contributed by atoms with Gasteiger partial charge < -0.3 is 5.11 Å². The van der Waals surface area contributed by atoms with Crippen LogP contribution in [0.25, 0.3) is 0 Å². The van der Waals surface area contributed by atoms with Gasteiger partial charge in [0.15, 0.2) is 0 Å². The molecule has 212 valence electrons. The quantitative estimate of drug-likeness (QED) is 0.0983. The minimum absolute atomic E-state index is 0.201. The summed E-state index contributed by atoms with van der Waals surface area (Å²) in [4.78, 5) is 12.2. The lowest BCUT2D eigenvalue weighted by Gasteiger charge is -2.28. The van der Waals surface area contributed by atoms with E-state index >= 15 is 0 Å². The summed E-state index contributed by atoms with van der Waals surface area (Å²) in [7, 11) is -2.32. The van der Waals surface area contributed by atoms with Crippen LogP contribution in [0.15, 0.2) is 30.3 Å². The molecule has 37 heavy (non-hydrogen) atoms. The van der Waals surface area contributed by atoms with E-state index in [0.29, 0.717) is 24.0 Å². The molecule has 7 heteroatoms. The summed E-state index contributed by atoms with van der Waals surface area (Å²) in [5, 5.41) is 10.4. The second-order valence-corrected chi connectivity index (χ2v) is 14.8. The standard InChI is InChI=1S/C30H51O4PS2/c1-5-8-9-10-11-12-13-14-15-19-24-36-28(20-6-2)27(26-21-17-16-18-22-26)25-37-30(4,29(31)32)35(33)34-23-7-3/h16-18,21-22,27-28H,5-15,19-20,23-25H2,1-4H3/p+1.